The van der Waals surface area contributed by atoms with Crippen LogP contribution in [0.3, 0.4) is 0 Å². The second-order valence-electron chi connectivity index (χ2n) is 5.79. The van der Waals surface area contributed by atoms with Crippen molar-refractivity contribution in [2.24, 2.45) is 5.41 Å². The van der Waals surface area contributed by atoms with Gasteiger partial charge in [-0.15, -0.1) is 0 Å². The van der Waals surface area contributed by atoms with E-state index in [1.165, 1.54) is 6.07 Å². The Morgan fingerprint density at radius 1 is 1.30 bits per heavy atom. The maximum atomic E-state index is 12.4. The molecule has 2 aliphatic carbocycles. The number of ketones is 1. The molecule has 1 aromatic heterocycles. The third-order valence-electron chi connectivity index (χ3n) is 4.23. The number of rotatable bonds is 5. The molecule has 0 amide bonds. The Morgan fingerprint density at radius 3 is 2.22 bits per heavy atom. The SMILES string of the molecule is N#CCC(=O)C1(C(F)F)CC1.Nc1cc(C2(C(F)F)CC2)on1. The molecule has 2 saturated carbocycles. The molecule has 9 heteroatoms. The van der Waals surface area contributed by atoms with Gasteiger partial charge in [0.1, 0.15) is 0 Å². The van der Waals surface area contributed by atoms with E-state index in [1.807, 2.05) is 0 Å². The van der Waals surface area contributed by atoms with Crippen LogP contribution in [0.4, 0.5) is 23.4 Å². The zero-order chi connectivity index (χ0) is 17.3. The van der Waals surface area contributed by atoms with Gasteiger partial charge in [-0.25, -0.2) is 17.6 Å². The fraction of sp³-hybridized carbons (Fsp3) is 0.643. The second-order valence-corrected chi connectivity index (χ2v) is 5.79. The Balaban J connectivity index is 0.000000168. The van der Waals surface area contributed by atoms with Gasteiger partial charge in [0.05, 0.1) is 23.3 Å². The van der Waals surface area contributed by atoms with Crippen LogP contribution in [0.15, 0.2) is 10.6 Å². The second kappa shape index (κ2) is 6.18. The third-order valence-corrected chi connectivity index (χ3v) is 4.23. The molecule has 0 unspecified atom stereocenters. The summed E-state index contributed by atoms with van der Waals surface area (Å²) in [7, 11) is 0. The Hall–Kier alpha value is -2.11. The first-order chi connectivity index (χ1) is 10.8. The summed E-state index contributed by atoms with van der Waals surface area (Å²) in [6.07, 6.45) is -3.97. The lowest BCUT2D eigenvalue weighted by atomic mass is 10.00. The number of nitrogen functional groups attached to an aromatic ring is 1. The average molecular weight is 333 g/mol. The van der Waals surface area contributed by atoms with Crippen LogP contribution < -0.4 is 5.73 Å². The lowest BCUT2D eigenvalue weighted by Crippen LogP contribution is -2.23. The number of anilines is 1. The van der Waals surface area contributed by atoms with Gasteiger partial charge in [0.25, 0.3) is 12.9 Å². The molecular formula is C14H15F4N3O2. The van der Waals surface area contributed by atoms with E-state index < -0.39 is 29.5 Å². The molecule has 2 fully saturated rings. The van der Waals surface area contributed by atoms with Gasteiger partial charge in [0.15, 0.2) is 17.4 Å². The summed E-state index contributed by atoms with van der Waals surface area (Å²) >= 11 is 0. The van der Waals surface area contributed by atoms with E-state index in [9.17, 15) is 22.4 Å². The molecule has 0 radical (unpaired) electrons. The number of nitriles is 1. The molecule has 5 nitrogen and oxygen atoms in total. The van der Waals surface area contributed by atoms with Crippen LogP contribution in [-0.2, 0) is 10.2 Å². The molecule has 2 N–H and O–H groups in total. The minimum absolute atomic E-state index is 0.164. The summed E-state index contributed by atoms with van der Waals surface area (Å²) in [6.45, 7) is 0. The molecular weight excluding hydrogens is 318 g/mol. The highest BCUT2D eigenvalue weighted by molar-refractivity contribution is 5.89. The van der Waals surface area contributed by atoms with E-state index in [0.717, 1.165) is 0 Å². The van der Waals surface area contributed by atoms with Crippen molar-refractivity contribution in [3.8, 4) is 6.07 Å². The van der Waals surface area contributed by atoms with Crippen molar-refractivity contribution >= 4 is 11.6 Å². The molecule has 1 heterocycles. The number of alkyl halides is 4. The number of halogens is 4. The number of carbonyl (C=O) groups excluding carboxylic acids is 1. The number of aromatic nitrogens is 1. The number of hydrogen-bond donors (Lipinski definition) is 1. The molecule has 0 saturated heterocycles. The summed E-state index contributed by atoms with van der Waals surface area (Å²) in [4.78, 5) is 10.9. The average Bonchev–Trinajstić information content (AvgIpc) is 3.38. The third kappa shape index (κ3) is 3.30. The Bertz CT molecular complexity index is 616. The maximum Gasteiger partial charge on any atom is 0.251 e. The number of nitrogens with two attached hydrogens (primary N) is 1. The van der Waals surface area contributed by atoms with Crippen molar-refractivity contribution in [2.45, 2.75) is 50.4 Å². The molecule has 0 aliphatic heterocycles. The normalized spacial score (nSPS) is 19.7. The monoisotopic (exact) mass is 333 g/mol. The van der Waals surface area contributed by atoms with Crippen LogP contribution in [0, 0.1) is 16.7 Å². The predicted molar refractivity (Wildman–Crippen MR) is 70.7 cm³/mol. The zero-order valence-electron chi connectivity index (χ0n) is 12.1. The largest absolute Gasteiger partial charge is 0.381 e. The number of nitrogens with zero attached hydrogens (tertiary/aromatic N) is 2. The first-order valence-corrected chi connectivity index (χ1v) is 6.98. The molecule has 126 valence electrons. The smallest absolute Gasteiger partial charge is 0.251 e. The zero-order valence-corrected chi connectivity index (χ0v) is 12.1. The van der Waals surface area contributed by atoms with Crippen LogP contribution in [0.5, 0.6) is 0 Å². The van der Waals surface area contributed by atoms with Gasteiger partial charge in [0, 0.05) is 6.07 Å². The van der Waals surface area contributed by atoms with Crippen LogP contribution >= 0.6 is 0 Å². The van der Waals surface area contributed by atoms with Crippen LogP contribution in [0.25, 0.3) is 0 Å². The highest BCUT2D eigenvalue weighted by Crippen LogP contribution is 2.53. The molecule has 1 aromatic rings. The van der Waals surface area contributed by atoms with Crippen molar-refractivity contribution < 1.29 is 26.9 Å². The lowest BCUT2D eigenvalue weighted by Gasteiger charge is -2.08. The van der Waals surface area contributed by atoms with E-state index in [2.05, 4.69) is 5.16 Å². The van der Waals surface area contributed by atoms with Crippen molar-refractivity contribution in [3.63, 3.8) is 0 Å². The summed E-state index contributed by atoms with van der Waals surface area (Å²) in [5.41, 5.74) is 2.74. The minimum Gasteiger partial charge on any atom is -0.381 e. The van der Waals surface area contributed by atoms with Gasteiger partial charge in [-0.2, -0.15) is 5.26 Å². The molecule has 3 rings (SSSR count). The highest BCUT2D eigenvalue weighted by Gasteiger charge is 2.57. The number of carbonyl (C=O) groups is 1. The van der Waals surface area contributed by atoms with Crippen LogP contribution in [-0.4, -0.2) is 23.8 Å². The summed E-state index contributed by atoms with van der Waals surface area (Å²) in [6, 6.07) is 2.96. The van der Waals surface area contributed by atoms with E-state index in [0.29, 0.717) is 12.8 Å². The number of Topliss-reactive ketones (excluding diaryl/α,β-unsaturated/α-hetero) is 1. The maximum absolute atomic E-state index is 12.4. The van der Waals surface area contributed by atoms with Crippen molar-refractivity contribution in [1.82, 2.24) is 5.16 Å². The molecule has 0 atom stereocenters. The van der Waals surface area contributed by atoms with Gasteiger partial charge in [-0.3, -0.25) is 4.79 Å². The first kappa shape index (κ1) is 17.2. The van der Waals surface area contributed by atoms with Gasteiger partial charge < -0.3 is 10.3 Å². The van der Waals surface area contributed by atoms with Gasteiger partial charge >= 0.3 is 0 Å². The van der Waals surface area contributed by atoms with Crippen LogP contribution in [0.1, 0.15) is 37.9 Å². The van der Waals surface area contributed by atoms with Crippen molar-refractivity contribution in [1.29, 1.82) is 5.26 Å². The summed E-state index contributed by atoms with van der Waals surface area (Å²) in [5, 5.41) is 11.5. The predicted octanol–water partition coefficient (Wildman–Crippen LogP) is 3.07. The van der Waals surface area contributed by atoms with Crippen molar-refractivity contribution in [3.05, 3.63) is 11.8 Å². The van der Waals surface area contributed by atoms with E-state index in [1.54, 1.807) is 6.07 Å². The first-order valence-electron chi connectivity index (χ1n) is 6.98. The Morgan fingerprint density at radius 2 is 1.91 bits per heavy atom. The van der Waals surface area contributed by atoms with Crippen molar-refractivity contribution in [2.75, 3.05) is 5.73 Å². The minimum atomic E-state index is -2.59. The van der Waals surface area contributed by atoms with Crippen LogP contribution in [0.2, 0.25) is 0 Å². The summed E-state index contributed by atoms with van der Waals surface area (Å²) < 4.78 is 53.8. The van der Waals surface area contributed by atoms with E-state index >= 15 is 0 Å². The molecule has 0 bridgehead atoms. The summed E-state index contributed by atoms with van der Waals surface area (Å²) in [5.74, 6) is -0.220. The fourth-order valence-electron chi connectivity index (χ4n) is 2.23. The van der Waals surface area contributed by atoms with Gasteiger partial charge in [-0.05, 0) is 25.7 Å². The number of hydrogen-bond acceptors (Lipinski definition) is 5. The highest BCUT2D eigenvalue weighted by atomic mass is 19.3. The van der Waals surface area contributed by atoms with E-state index in [-0.39, 0.29) is 30.8 Å². The molecule has 2 aliphatic rings. The molecule has 0 aromatic carbocycles. The standard InChI is InChI=1S/C7H8F2N2O.C7H7F2NO/c8-6(9)7(1-2-7)4-3-5(10)11-12-4;8-6(9)7(2-3-7)5(11)1-4-10/h3,6H,1-2H2,(H2,10,11);6H,1-3H2. The van der Waals surface area contributed by atoms with E-state index in [4.69, 9.17) is 15.5 Å². The Labute approximate surface area is 129 Å². The Kier molecular flexibility index (Phi) is 4.63. The van der Waals surface area contributed by atoms with Gasteiger partial charge in [0.2, 0.25) is 0 Å². The molecule has 0 spiro atoms. The van der Waals surface area contributed by atoms with Gasteiger partial charge in [-0.1, -0.05) is 5.16 Å². The molecule has 23 heavy (non-hydrogen) atoms. The fourth-order valence-corrected chi connectivity index (χ4v) is 2.23. The quantitative estimate of drug-likeness (QED) is 0.836. The lowest BCUT2D eigenvalue weighted by molar-refractivity contribution is -0.128. The topological polar surface area (TPSA) is 92.9 Å².